The van der Waals surface area contributed by atoms with E-state index in [0.29, 0.717) is 10.6 Å². The van der Waals surface area contributed by atoms with Gasteiger partial charge in [-0.15, -0.1) is 0 Å². The highest BCUT2D eigenvalue weighted by molar-refractivity contribution is 8.00. The minimum atomic E-state index is -0.708. The quantitative estimate of drug-likeness (QED) is 0.416. The van der Waals surface area contributed by atoms with E-state index >= 15 is 0 Å². The number of nitrogens with zero attached hydrogens (tertiary/aromatic N) is 2. The second-order valence-corrected chi connectivity index (χ2v) is 6.06. The van der Waals surface area contributed by atoms with Crippen LogP contribution in [0.25, 0.3) is 0 Å². The Morgan fingerprint density at radius 2 is 2.17 bits per heavy atom. The van der Waals surface area contributed by atoms with Crippen molar-refractivity contribution in [2.45, 2.75) is 17.2 Å². The summed E-state index contributed by atoms with van der Waals surface area (Å²) >= 11 is 6.86. The molecule has 0 radical (unpaired) electrons. The van der Waals surface area contributed by atoms with Crippen LogP contribution in [0.15, 0.2) is 44.0 Å². The molecule has 0 aliphatic rings. The Morgan fingerprint density at radius 1 is 1.43 bits per heavy atom. The lowest BCUT2D eigenvalue weighted by molar-refractivity contribution is -0.120. The van der Waals surface area contributed by atoms with Gasteiger partial charge >= 0.3 is 5.69 Å². The highest BCUT2D eigenvalue weighted by Crippen LogP contribution is 2.16. The monoisotopic (exact) mass is 353 g/mol. The molecule has 0 aliphatic heterocycles. The van der Waals surface area contributed by atoms with Crippen molar-refractivity contribution in [3.63, 3.8) is 0 Å². The topological polar surface area (TPSA) is 120 Å². The maximum atomic E-state index is 11.9. The molecule has 1 atom stereocenters. The van der Waals surface area contributed by atoms with Crippen LogP contribution in [0.1, 0.15) is 12.5 Å². The lowest BCUT2D eigenvalue weighted by Gasteiger charge is -2.07. The van der Waals surface area contributed by atoms with E-state index in [1.54, 1.807) is 31.2 Å². The third kappa shape index (κ3) is 4.80. The standard InChI is InChI=1S/C13H12ClN5O3S/c1-7(23-12-11(21)16-13(22)19-18-12)10(20)17-15-6-8-4-2-3-5-9(8)14/h2-7H,1H3,(H,17,20)(H2,16,19,21,22)/b15-6+. The van der Waals surface area contributed by atoms with Crippen molar-refractivity contribution in [3.8, 4) is 0 Å². The largest absolute Gasteiger partial charge is 0.342 e. The lowest BCUT2D eigenvalue weighted by Crippen LogP contribution is -2.30. The number of H-pyrrole nitrogens is 2. The number of aromatic amines is 2. The molecule has 2 rings (SSSR count). The summed E-state index contributed by atoms with van der Waals surface area (Å²) in [5.41, 5.74) is 1.65. The van der Waals surface area contributed by atoms with Crippen molar-refractivity contribution in [2.24, 2.45) is 5.10 Å². The molecule has 0 fully saturated rings. The smallest absolute Gasteiger partial charge is 0.272 e. The number of halogens is 1. The van der Waals surface area contributed by atoms with Crippen molar-refractivity contribution in [1.29, 1.82) is 0 Å². The van der Waals surface area contributed by atoms with Crippen molar-refractivity contribution in [3.05, 3.63) is 55.7 Å². The fourth-order valence-electron chi connectivity index (χ4n) is 1.47. The fourth-order valence-corrected chi connectivity index (χ4v) is 2.41. The van der Waals surface area contributed by atoms with Gasteiger partial charge in [0.25, 0.3) is 11.5 Å². The zero-order valence-electron chi connectivity index (χ0n) is 11.9. The molecule has 0 aliphatic carbocycles. The number of amides is 1. The van der Waals surface area contributed by atoms with Crippen LogP contribution in [-0.2, 0) is 4.79 Å². The van der Waals surface area contributed by atoms with Gasteiger partial charge in [0.1, 0.15) is 0 Å². The number of benzene rings is 1. The summed E-state index contributed by atoms with van der Waals surface area (Å²) in [6.45, 7) is 1.58. The minimum Gasteiger partial charge on any atom is -0.272 e. The van der Waals surface area contributed by atoms with E-state index in [4.69, 9.17) is 11.6 Å². The van der Waals surface area contributed by atoms with E-state index < -0.39 is 22.4 Å². The van der Waals surface area contributed by atoms with Gasteiger partial charge < -0.3 is 0 Å². The average molecular weight is 354 g/mol. The predicted molar refractivity (Wildman–Crippen MR) is 88.0 cm³/mol. The summed E-state index contributed by atoms with van der Waals surface area (Å²) in [4.78, 5) is 36.3. The van der Waals surface area contributed by atoms with Crippen molar-refractivity contribution >= 4 is 35.5 Å². The molecule has 1 aromatic heterocycles. The predicted octanol–water partition coefficient (Wildman–Crippen LogP) is 0.743. The molecule has 120 valence electrons. The second kappa shape index (κ2) is 7.75. The molecule has 3 N–H and O–H groups in total. The van der Waals surface area contributed by atoms with Gasteiger partial charge in [-0.1, -0.05) is 41.6 Å². The Bertz CT molecular complexity index is 848. The Kier molecular flexibility index (Phi) is 5.72. The highest BCUT2D eigenvalue weighted by Gasteiger charge is 2.16. The molecule has 23 heavy (non-hydrogen) atoms. The zero-order chi connectivity index (χ0) is 16.8. The molecule has 0 saturated heterocycles. The highest BCUT2D eigenvalue weighted by atomic mass is 35.5. The van der Waals surface area contributed by atoms with Crippen LogP contribution < -0.4 is 16.7 Å². The number of carbonyl (C=O) groups is 1. The lowest BCUT2D eigenvalue weighted by atomic mass is 10.2. The summed E-state index contributed by atoms with van der Waals surface area (Å²) in [6, 6.07) is 7.03. The number of aromatic nitrogens is 3. The first-order chi connectivity index (χ1) is 11.0. The molecule has 0 saturated carbocycles. The van der Waals surface area contributed by atoms with Crippen LogP contribution in [0.4, 0.5) is 0 Å². The molecule has 1 amide bonds. The van der Waals surface area contributed by atoms with Gasteiger partial charge in [0.05, 0.1) is 11.5 Å². The average Bonchev–Trinajstić information content (AvgIpc) is 2.51. The number of hydrogen-bond acceptors (Lipinski definition) is 6. The third-order valence-electron chi connectivity index (χ3n) is 2.62. The first-order valence-corrected chi connectivity index (χ1v) is 7.66. The van der Waals surface area contributed by atoms with Crippen LogP contribution >= 0.6 is 23.4 Å². The second-order valence-electron chi connectivity index (χ2n) is 4.33. The first kappa shape index (κ1) is 17.0. The number of hydrogen-bond donors (Lipinski definition) is 3. The molecule has 8 nitrogen and oxygen atoms in total. The Hall–Kier alpha value is -2.39. The van der Waals surface area contributed by atoms with Gasteiger partial charge in [0, 0.05) is 10.6 Å². The van der Waals surface area contributed by atoms with Crippen molar-refractivity contribution in [2.75, 3.05) is 0 Å². The minimum absolute atomic E-state index is 0.0117. The summed E-state index contributed by atoms with van der Waals surface area (Å²) < 4.78 is 0. The Balaban J connectivity index is 1.96. The van der Waals surface area contributed by atoms with Gasteiger partial charge in [-0.05, 0) is 13.0 Å². The number of nitrogens with one attached hydrogen (secondary N) is 3. The van der Waals surface area contributed by atoms with Gasteiger partial charge in [0.15, 0.2) is 5.03 Å². The summed E-state index contributed by atoms with van der Waals surface area (Å²) in [5, 5.41) is 9.36. The molecule has 1 aromatic carbocycles. The van der Waals surface area contributed by atoms with E-state index in [0.717, 1.165) is 11.8 Å². The molecule has 2 aromatic rings. The maximum absolute atomic E-state index is 11.9. The normalized spacial score (nSPS) is 12.3. The fraction of sp³-hybridized carbons (Fsp3) is 0.154. The van der Waals surface area contributed by atoms with E-state index in [-0.39, 0.29) is 5.03 Å². The van der Waals surface area contributed by atoms with Gasteiger partial charge in [-0.3, -0.25) is 14.6 Å². The van der Waals surface area contributed by atoms with Crippen LogP contribution in [-0.4, -0.2) is 32.6 Å². The Labute approximate surface area is 139 Å². The van der Waals surface area contributed by atoms with Crippen LogP contribution in [0.3, 0.4) is 0 Å². The molecule has 0 spiro atoms. The van der Waals surface area contributed by atoms with E-state index in [2.05, 4.69) is 20.7 Å². The number of hydrazone groups is 1. The van der Waals surface area contributed by atoms with Crippen LogP contribution in [0.2, 0.25) is 5.02 Å². The van der Waals surface area contributed by atoms with Crippen LogP contribution in [0.5, 0.6) is 0 Å². The maximum Gasteiger partial charge on any atom is 0.342 e. The van der Waals surface area contributed by atoms with Gasteiger partial charge in [0.2, 0.25) is 0 Å². The van der Waals surface area contributed by atoms with Crippen LogP contribution in [0, 0.1) is 0 Å². The zero-order valence-corrected chi connectivity index (χ0v) is 13.4. The molecule has 10 heteroatoms. The number of rotatable bonds is 5. The Morgan fingerprint density at radius 3 is 2.87 bits per heavy atom. The van der Waals surface area contributed by atoms with E-state index in [1.807, 2.05) is 4.98 Å². The van der Waals surface area contributed by atoms with E-state index in [9.17, 15) is 14.4 Å². The summed E-state index contributed by atoms with van der Waals surface area (Å²) in [5.74, 6) is -0.425. The molecule has 1 unspecified atom stereocenters. The number of thioether (sulfide) groups is 1. The molecule has 1 heterocycles. The van der Waals surface area contributed by atoms with E-state index in [1.165, 1.54) is 6.21 Å². The van der Waals surface area contributed by atoms with Gasteiger partial charge in [-0.25, -0.2) is 15.3 Å². The first-order valence-electron chi connectivity index (χ1n) is 6.40. The van der Waals surface area contributed by atoms with Crippen molar-refractivity contribution in [1.82, 2.24) is 20.6 Å². The third-order valence-corrected chi connectivity index (χ3v) is 4.03. The van der Waals surface area contributed by atoms with Crippen molar-refractivity contribution < 1.29 is 4.79 Å². The molecule has 0 bridgehead atoms. The summed E-state index contributed by atoms with van der Waals surface area (Å²) in [6.07, 6.45) is 1.42. The number of carbonyl (C=O) groups excluding carboxylic acids is 1. The summed E-state index contributed by atoms with van der Waals surface area (Å²) in [7, 11) is 0. The molecular formula is C13H12ClN5O3S. The molecular weight excluding hydrogens is 342 g/mol. The SMILES string of the molecule is CC(Sc1n[nH]c(=O)[nH]c1=O)C(=O)N/N=C/c1ccccc1Cl. The van der Waals surface area contributed by atoms with Gasteiger partial charge in [-0.2, -0.15) is 10.2 Å².